The number of aromatic nitrogens is 8. The van der Waals surface area contributed by atoms with E-state index >= 15 is 0 Å². The highest BCUT2D eigenvalue weighted by molar-refractivity contribution is 6.29. The van der Waals surface area contributed by atoms with Gasteiger partial charge in [0.15, 0.2) is 28.0 Å². The first-order valence-corrected chi connectivity index (χ1v) is 22.7. The van der Waals surface area contributed by atoms with Gasteiger partial charge in [-0.05, 0) is 114 Å². The lowest BCUT2D eigenvalue weighted by atomic mass is 9.98. The topological polar surface area (TPSA) is 155 Å². The Balaban J connectivity index is 0.000000179. The van der Waals surface area contributed by atoms with Crippen LogP contribution in [0.5, 0.6) is 0 Å². The number of hydrogen-bond acceptors (Lipinski definition) is 11. The lowest BCUT2D eigenvalue weighted by Gasteiger charge is -2.24. The van der Waals surface area contributed by atoms with E-state index in [9.17, 15) is 9.59 Å². The van der Waals surface area contributed by atoms with E-state index in [0.29, 0.717) is 48.6 Å². The maximum absolute atomic E-state index is 12.7. The number of ketones is 2. The number of fused-ring (bicyclic) bond motifs is 2. The maximum Gasteiger partial charge on any atom is 0.177 e. The van der Waals surface area contributed by atoms with Crippen molar-refractivity contribution in [1.82, 2.24) is 39.0 Å². The number of carbonyl (C=O) groups excluding carboxylic acids is 2. The SMILES string of the molecule is COC(C)(C)CNc1cc(-c2ccnn2C)nn2c(-c3ccc(C(=O)CC4CC4)c(C)c3)cnc12.COC(C)(C)CNc1cc(Cl)nn2c(-c3ccc(C(=O)CC4CC4)c(C)c3)cnc12. The van der Waals surface area contributed by atoms with Crippen LogP contribution in [0, 0.1) is 25.7 Å². The number of halogens is 1. The molecule has 7 aromatic rings. The number of carbonyl (C=O) groups is 2. The molecule has 2 N–H and O–H groups in total. The van der Waals surface area contributed by atoms with E-state index in [4.69, 9.17) is 31.2 Å². The van der Waals surface area contributed by atoms with Gasteiger partial charge in [-0.1, -0.05) is 35.9 Å². The Bertz CT molecular complexity index is 2890. The van der Waals surface area contributed by atoms with Gasteiger partial charge < -0.3 is 20.1 Å². The summed E-state index contributed by atoms with van der Waals surface area (Å²) in [6.07, 6.45) is 11.4. The number of Topliss-reactive ketones (excluding diaryl/α,β-unsaturated/α-hetero) is 2. The van der Waals surface area contributed by atoms with Gasteiger partial charge in [-0.25, -0.2) is 19.0 Å². The Morgan fingerprint density at radius 2 is 1.17 bits per heavy atom. The molecule has 0 aliphatic heterocycles. The molecule has 0 spiro atoms. The largest absolute Gasteiger partial charge is 0.379 e. The van der Waals surface area contributed by atoms with Crippen molar-refractivity contribution in [2.75, 3.05) is 37.9 Å². The van der Waals surface area contributed by atoms with Gasteiger partial charge in [0, 0.05) is 81.7 Å². The summed E-state index contributed by atoms with van der Waals surface area (Å²) in [5.41, 5.74) is 11.2. The van der Waals surface area contributed by atoms with Gasteiger partial charge in [0.1, 0.15) is 5.69 Å². The predicted molar refractivity (Wildman–Crippen MR) is 256 cm³/mol. The van der Waals surface area contributed by atoms with Crippen LogP contribution in [-0.4, -0.2) is 89.1 Å². The first-order valence-electron chi connectivity index (χ1n) is 22.3. The molecule has 0 amide bonds. The summed E-state index contributed by atoms with van der Waals surface area (Å²) >= 11 is 6.30. The molecule has 0 bridgehead atoms. The normalized spacial score (nSPS) is 14.1. The third kappa shape index (κ3) is 10.5. The summed E-state index contributed by atoms with van der Waals surface area (Å²) in [7, 11) is 5.30. The molecule has 15 heteroatoms. The quantitative estimate of drug-likeness (QED) is 0.0840. The predicted octanol–water partition coefficient (Wildman–Crippen LogP) is 10.1. The van der Waals surface area contributed by atoms with Crippen molar-refractivity contribution in [3.63, 3.8) is 0 Å². The van der Waals surface area contributed by atoms with Gasteiger partial charge in [0.05, 0.1) is 52.1 Å². The fourth-order valence-electron chi connectivity index (χ4n) is 7.73. The molecule has 2 aliphatic rings. The maximum atomic E-state index is 12.7. The number of imidazole rings is 2. The third-order valence-corrected chi connectivity index (χ3v) is 12.7. The fraction of sp³-hybridized carbons (Fsp3) is 0.420. The first-order chi connectivity index (χ1) is 31.0. The van der Waals surface area contributed by atoms with Crippen LogP contribution in [-0.2, 0) is 16.5 Å². The molecular weight excluding hydrogens is 840 g/mol. The highest BCUT2D eigenvalue weighted by atomic mass is 35.5. The summed E-state index contributed by atoms with van der Waals surface area (Å²) in [4.78, 5) is 34.5. The molecule has 2 aromatic carbocycles. The highest BCUT2D eigenvalue weighted by Gasteiger charge is 2.27. The Labute approximate surface area is 385 Å². The zero-order chi connectivity index (χ0) is 46.2. The van der Waals surface area contributed by atoms with E-state index in [1.54, 1.807) is 41.9 Å². The van der Waals surface area contributed by atoms with Crippen molar-refractivity contribution >= 4 is 45.8 Å². The summed E-state index contributed by atoms with van der Waals surface area (Å²) in [5.74, 6) is 1.62. The standard InChI is InChI=1S/C27H32N6O2.C23H27ClN4O2/c1-17-12-19(8-9-20(17)25(34)13-18-6-7-18)24-15-28-26-22(29-16-27(2,3)35-5)14-21(31-33(24)26)23-10-11-30-32(23)4;1-14-9-16(7-8-17(14)20(29)10-15-5-6-15)19-12-25-22-18(11-21(24)27-28(19)22)26-13-23(2,3)30-4/h8-12,14-15,18,29H,6-7,13,16H2,1-5H3;7-9,11-12,15,26H,5-6,10,13H2,1-4H3. The second-order valence-electron chi connectivity index (χ2n) is 18.8. The molecular formula is C50H59ClN10O4. The minimum atomic E-state index is -0.345. The van der Waals surface area contributed by atoms with Crippen molar-refractivity contribution in [3.05, 3.63) is 101 Å². The molecule has 65 heavy (non-hydrogen) atoms. The van der Waals surface area contributed by atoms with E-state index in [1.807, 2.05) is 102 Å². The van der Waals surface area contributed by atoms with Crippen LogP contribution in [0.1, 0.15) is 98.1 Å². The smallest absolute Gasteiger partial charge is 0.177 e. The average molecular weight is 900 g/mol. The number of nitrogens with one attached hydrogen (secondary N) is 2. The van der Waals surface area contributed by atoms with Crippen LogP contribution in [0.3, 0.4) is 0 Å². The molecule has 14 nitrogen and oxygen atoms in total. The van der Waals surface area contributed by atoms with E-state index in [0.717, 1.165) is 73.2 Å². The summed E-state index contributed by atoms with van der Waals surface area (Å²) in [6.45, 7) is 13.3. The number of rotatable bonds is 17. The average Bonchev–Trinajstić information content (AvgIpc) is 4.14. The third-order valence-electron chi connectivity index (χ3n) is 12.5. The van der Waals surface area contributed by atoms with E-state index in [-0.39, 0.29) is 22.8 Å². The minimum absolute atomic E-state index is 0.230. The molecule has 2 fully saturated rings. The molecule has 0 unspecified atom stereocenters. The number of methoxy groups -OCH3 is 2. The molecule has 9 rings (SSSR count). The Morgan fingerprint density at radius 1 is 0.692 bits per heavy atom. The van der Waals surface area contributed by atoms with Gasteiger partial charge >= 0.3 is 0 Å². The van der Waals surface area contributed by atoms with Crippen LogP contribution in [0.2, 0.25) is 5.15 Å². The van der Waals surface area contributed by atoms with Crippen LogP contribution >= 0.6 is 11.6 Å². The van der Waals surface area contributed by atoms with Crippen LogP contribution in [0.25, 0.3) is 45.2 Å². The van der Waals surface area contributed by atoms with Crippen LogP contribution in [0.4, 0.5) is 11.4 Å². The Kier molecular flexibility index (Phi) is 13.0. The number of hydrogen-bond donors (Lipinski definition) is 2. The molecule has 0 atom stereocenters. The fourth-order valence-corrected chi connectivity index (χ4v) is 7.92. The van der Waals surface area contributed by atoms with Gasteiger partial charge in [-0.15, -0.1) is 0 Å². The summed E-state index contributed by atoms with van der Waals surface area (Å²) in [5, 5.41) is 20.9. The van der Waals surface area contributed by atoms with Gasteiger partial charge in [-0.2, -0.15) is 15.3 Å². The number of benzene rings is 2. The Hall–Kier alpha value is -5.96. The molecule has 5 aromatic heterocycles. The van der Waals surface area contributed by atoms with E-state index in [2.05, 4.69) is 31.9 Å². The minimum Gasteiger partial charge on any atom is -0.379 e. The summed E-state index contributed by atoms with van der Waals surface area (Å²) < 4.78 is 16.5. The molecule has 0 saturated heterocycles. The highest BCUT2D eigenvalue weighted by Crippen LogP contribution is 2.36. The van der Waals surface area contributed by atoms with Crippen LogP contribution < -0.4 is 10.6 Å². The van der Waals surface area contributed by atoms with Crippen molar-refractivity contribution in [2.24, 2.45) is 18.9 Å². The van der Waals surface area contributed by atoms with E-state index < -0.39 is 0 Å². The molecule has 0 radical (unpaired) electrons. The van der Waals surface area contributed by atoms with Crippen molar-refractivity contribution < 1.29 is 19.1 Å². The second kappa shape index (κ2) is 18.5. The summed E-state index contributed by atoms with van der Waals surface area (Å²) in [6, 6.07) is 17.6. The van der Waals surface area contributed by atoms with Crippen molar-refractivity contribution in [1.29, 1.82) is 0 Å². The lowest BCUT2D eigenvalue weighted by molar-refractivity contribution is 0.0341. The number of aryl methyl sites for hydroxylation is 3. The number of anilines is 2. The van der Waals surface area contributed by atoms with Gasteiger partial charge in [0.25, 0.3) is 0 Å². The monoisotopic (exact) mass is 898 g/mol. The van der Waals surface area contributed by atoms with Crippen molar-refractivity contribution in [2.45, 2.75) is 91.3 Å². The lowest BCUT2D eigenvalue weighted by Crippen LogP contribution is -2.32. The zero-order valence-electron chi connectivity index (χ0n) is 38.8. The van der Waals surface area contributed by atoms with Crippen molar-refractivity contribution in [3.8, 4) is 33.9 Å². The van der Waals surface area contributed by atoms with Gasteiger partial charge in [-0.3, -0.25) is 14.3 Å². The number of nitrogens with zero attached hydrogens (tertiary/aromatic N) is 8. The molecule has 2 aliphatic carbocycles. The number of ether oxygens (including phenoxy) is 2. The molecule has 340 valence electrons. The molecule has 2 saturated carbocycles. The zero-order valence-corrected chi connectivity index (χ0v) is 39.6. The second-order valence-corrected chi connectivity index (χ2v) is 19.1. The van der Waals surface area contributed by atoms with Crippen LogP contribution in [0.15, 0.2) is 73.2 Å². The Morgan fingerprint density at radius 3 is 1.60 bits per heavy atom. The molecule has 5 heterocycles. The van der Waals surface area contributed by atoms with E-state index in [1.165, 1.54) is 25.7 Å². The first kappa shape index (κ1) is 45.6. The van der Waals surface area contributed by atoms with Gasteiger partial charge in [0.2, 0.25) is 0 Å².